The molecule has 13 heteroatoms. The highest BCUT2D eigenvalue weighted by atomic mass is 32.2. The largest absolute Gasteiger partial charge is 0.478 e. The Bertz CT molecular complexity index is 3040. The molecule has 66 heavy (non-hydrogen) atoms. The quantitative estimate of drug-likeness (QED) is 0.0355. The Labute approximate surface area is 393 Å². The summed E-state index contributed by atoms with van der Waals surface area (Å²) >= 11 is 1.67. The van der Waals surface area contributed by atoms with Crippen LogP contribution in [0.3, 0.4) is 0 Å². The van der Waals surface area contributed by atoms with Gasteiger partial charge in [0.1, 0.15) is 6.54 Å². The first kappa shape index (κ1) is 47.4. The molecule has 0 bridgehead atoms. The Kier molecular flexibility index (Phi) is 13.6. The number of nitrogens with zero attached hydrogens (tertiary/aromatic N) is 2. The molecule has 0 amide bonds. The summed E-state index contributed by atoms with van der Waals surface area (Å²) in [4.78, 5) is 16.4. The van der Waals surface area contributed by atoms with Gasteiger partial charge >= 0.3 is 5.97 Å². The van der Waals surface area contributed by atoms with Crippen LogP contribution in [0.2, 0.25) is 0 Å². The summed E-state index contributed by atoms with van der Waals surface area (Å²) in [5.74, 6) is -1.50. The Morgan fingerprint density at radius 3 is 2.03 bits per heavy atom. The highest BCUT2D eigenvalue weighted by Crippen LogP contribution is 2.51. The fourth-order valence-corrected chi connectivity index (χ4v) is 12.9. The topological polar surface area (TPSA) is 152 Å². The summed E-state index contributed by atoms with van der Waals surface area (Å²) in [6.45, 7) is 10.3. The van der Waals surface area contributed by atoms with Crippen molar-refractivity contribution in [3.05, 3.63) is 149 Å². The zero-order valence-electron chi connectivity index (χ0n) is 38.0. The zero-order chi connectivity index (χ0) is 47.0. The number of carboxylic acids is 1. The first-order valence-corrected chi connectivity index (χ1v) is 26.8. The minimum absolute atomic E-state index is 0.0412. The van der Waals surface area contributed by atoms with E-state index in [0.29, 0.717) is 38.8 Å². The van der Waals surface area contributed by atoms with Crippen molar-refractivity contribution in [2.75, 3.05) is 29.5 Å². The van der Waals surface area contributed by atoms with Gasteiger partial charge in [-0.15, -0.1) is 0 Å². The number of rotatable bonds is 17. The van der Waals surface area contributed by atoms with Crippen LogP contribution in [0.5, 0.6) is 0 Å². The van der Waals surface area contributed by atoms with Gasteiger partial charge in [-0.3, -0.25) is 9.11 Å². The van der Waals surface area contributed by atoms with Gasteiger partial charge in [-0.05, 0) is 126 Å². The van der Waals surface area contributed by atoms with Gasteiger partial charge < -0.3 is 10.0 Å². The van der Waals surface area contributed by atoms with Gasteiger partial charge in [-0.2, -0.15) is 21.4 Å². The lowest BCUT2D eigenvalue weighted by atomic mass is 9.77. The van der Waals surface area contributed by atoms with Crippen LogP contribution in [-0.2, 0) is 31.1 Å². The maximum atomic E-state index is 11.8. The molecule has 10 nitrogen and oxygen atoms in total. The summed E-state index contributed by atoms with van der Waals surface area (Å²) in [6, 6.07) is 32.5. The van der Waals surface area contributed by atoms with E-state index in [1.54, 1.807) is 23.9 Å². The lowest BCUT2D eigenvalue weighted by Gasteiger charge is -2.33. The van der Waals surface area contributed by atoms with E-state index in [4.69, 9.17) is 0 Å². The molecule has 2 unspecified atom stereocenters. The monoisotopic (exact) mass is 947 g/mol. The van der Waals surface area contributed by atoms with E-state index in [-0.39, 0.29) is 34.4 Å². The van der Waals surface area contributed by atoms with Crippen molar-refractivity contribution in [3.63, 3.8) is 0 Å². The molecular weight excluding hydrogens is 889 g/mol. The van der Waals surface area contributed by atoms with Gasteiger partial charge in [-0.1, -0.05) is 98.4 Å². The molecule has 0 spiro atoms. The molecular formula is C53H59N2O8S3+. The lowest BCUT2D eigenvalue weighted by molar-refractivity contribution is -0.438. The van der Waals surface area contributed by atoms with E-state index >= 15 is 0 Å². The van der Waals surface area contributed by atoms with Crippen LogP contribution in [0.1, 0.15) is 94.1 Å². The third-order valence-electron chi connectivity index (χ3n) is 13.7. The Balaban J connectivity index is 1.20. The molecule has 2 heterocycles. The number of hydrogen-bond acceptors (Lipinski definition) is 7. The number of carbonyl (C=O) groups is 1. The van der Waals surface area contributed by atoms with Crippen molar-refractivity contribution in [1.82, 2.24) is 0 Å². The van der Waals surface area contributed by atoms with Gasteiger partial charge in [0.2, 0.25) is 5.69 Å². The first-order chi connectivity index (χ1) is 31.3. The van der Waals surface area contributed by atoms with E-state index in [0.717, 1.165) is 52.0 Å². The number of fused-ring (bicyclic) bond motifs is 6. The van der Waals surface area contributed by atoms with Crippen molar-refractivity contribution < 1.29 is 40.4 Å². The van der Waals surface area contributed by atoms with E-state index in [2.05, 4.69) is 128 Å². The maximum absolute atomic E-state index is 11.8. The predicted molar refractivity (Wildman–Crippen MR) is 268 cm³/mol. The SMILES string of the molecule is CC1(C)C(/C=C/C2=C(Sc3ccc(C(=O)O)cc3)C(/C=C/C3N(CCCCS(=O)(=O)O)c4ccc5ccccc5c4C3(C)C)CCC2)=[N+](CCCCS(=O)(=O)O)c2ccc3ccccc3c21. The number of benzene rings is 5. The van der Waals surface area contributed by atoms with E-state index < -0.39 is 31.6 Å². The molecule has 0 aromatic heterocycles. The standard InChI is InChI=1S/C53H58N2O8S3/c1-52(2)46(54(32-9-11-34-65(58,59)60)44-28-22-36-14-5-7-18-42(36)48(44)52)30-24-38-16-13-17-39(50(38)64-41-26-20-40(21-27-41)51(56)57)25-31-47-53(3,4)49-43-19-8-6-15-37(43)23-29-45(49)55(47)33-10-12-35-66(61,62)63/h5-8,14-15,18-31,38,46H,9-13,16-17,32-35H2,1-4H3,(H2-,56,57,58,59,60,61,62,63)/p+1/b30-24+,31-25+. The van der Waals surface area contributed by atoms with Crippen LogP contribution >= 0.6 is 11.8 Å². The van der Waals surface area contributed by atoms with Crippen LogP contribution in [0.15, 0.2) is 137 Å². The van der Waals surface area contributed by atoms with E-state index in [9.17, 15) is 35.8 Å². The number of thioether (sulfide) groups is 1. The van der Waals surface area contributed by atoms with Crippen molar-refractivity contribution >= 4 is 76.6 Å². The second kappa shape index (κ2) is 18.9. The Morgan fingerprint density at radius 2 is 1.38 bits per heavy atom. The predicted octanol–water partition coefficient (Wildman–Crippen LogP) is 11.5. The normalized spacial score (nSPS) is 19.5. The van der Waals surface area contributed by atoms with Gasteiger partial charge in [-0.25, -0.2) is 4.79 Å². The second-order valence-corrected chi connectivity index (χ2v) is 23.2. The fourth-order valence-electron chi connectivity index (χ4n) is 10.6. The van der Waals surface area contributed by atoms with Crippen LogP contribution in [0, 0.1) is 5.92 Å². The average Bonchev–Trinajstić information content (AvgIpc) is 3.63. The number of hydrogen-bond donors (Lipinski definition) is 3. The summed E-state index contributed by atoms with van der Waals surface area (Å²) in [7, 11) is -8.16. The van der Waals surface area contributed by atoms with Crippen LogP contribution in [-0.4, -0.2) is 77.9 Å². The minimum Gasteiger partial charge on any atom is -0.478 e. The van der Waals surface area contributed by atoms with Crippen LogP contribution in [0.25, 0.3) is 21.5 Å². The van der Waals surface area contributed by atoms with Gasteiger partial charge in [0.15, 0.2) is 5.71 Å². The summed E-state index contributed by atoms with van der Waals surface area (Å²) in [5.41, 5.74) is 6.50. The maximum Gasteiger partial charge on any atom is 0.335 e. The first-order valence-electron chi connectivity index (χ1n) is 22.8. The molecule has 2 aliphatic heterocycles. The van der Waals surface area contributed by atoms with Gasteiger partial charge in [0.25, 0.3) is 20.2 Å². The fraction of sp³-hybridized carbons (Fsp3) is 0.358. The smallest absolute Gasteiger partial charge is 0.335 e. The molecule has 0 saturated carbocycles. The molecule has 3 N–H and O–H groups in total. The number of unbranched alkanes of at least 4 members (excludes halogenated alkanes) is 2. The number of aromatic carboxylic acids is 1. The molecule has 0 fully saturated rings. The Hall–Kier alpha value is -5.05. The van der Waals surface area contributed by atoms with E-state index in [1.165, 1.54) is 32.4 Å². The lowest BCUT2D eigenvalue weighted by Crippen LogP contribution is -2.40. The molecule has 0 radical (unpaired) electrons. The molecule has 2 atom stereocenters. The zero-order valence-corrected chi connectivity index (χ0v) is 40.4. The van der Waals surface area contributed by atoms with Crippen molar-refractivity contribution in [2.45, 2.75) is 94.4 Å². The van der Waals surface area contributed by atoms with E-state index in [1.807, 2.05) is 18.2 Å². The second-order valence-electron chi connectivity index (χ2n) is 18.9. The summed E-state index contributed by atoms with van der Waals surface area (Å²) < 4.78 is 68.0. The highest BCUT2D eigenvalue weighted by Gasteiger charge is 2.46. The number of anilines is 1. The number of carboxylic acid groups (broad SMARTS) is 1. The third kappa shape index (κ3) is 9.96. The molecule has 1 aliphatic carbocycles. The molecule has 5 aromatic rings. The van der Waals surface area contributed by atoms with Crippen molar-refractivity contribution in [1.29, 1.82) is 0 Å². The van der Waals surface area contributed by atoms with Crippen LogP contribution in [0.4, 0.5) is 11.4 Å². The Morgan fingerprint density at radius 1 is 0.758 bits per heavy atom. The number of allylic oxidation sites excluding steroid dienone is 5. The van der Waals surface area contributed by atoms with Crippen LogP contribution < -0.4 is 4.90 Å². The molecule has 3 aliphatic rings. The highest BCUT2D eigenvalue weighted by molar-refractivity contribution is 8.03. The summed E-state index contributed by atoms with van der Waals surface area (Å²) in [5, 5.41) is 14.4. The average molecular weight is 948 g/mol. The molecule has 5 aromatic carbocycles. The molecule has 8 rings (SSSR count). The van der Waals surface area contributed by atoms with Crippen molar-refractivity contribution in [3.8, 4) is 0 Å². The van der Waals surface area contributed by atoms with Gasteiger partial charge in [0, 0.05) is 52.6 Å². The summed E-state index contributed by atoms with van der Waals surface area (Å²) in [6.07, 6.45) is 13.7. The molecule has 346 valence electrons. The third-order valence-corrected chi connectivity index (χ3v) is 16.6. The minimum atomic E-state index is -4.08. The molecule has 0 saturated heterocycles. The van der Waals surface area contributed by atoms with Crippen molar-refractivity contribution in [2.24, 2.45) is 5.92 Å². The van der Waals surface area contributed by atoms with Gasteiger partial charge in [0.05, 0.1) is 28.5 Å².